The number of rotatable bonds is 3. The first-order chi connectivity index (χ1) is 7.28. The van der Waals surface area contributed by atoms with Crippen LogP contribution in [-0.2, 0) is 4.79 Å². The van der Waals surface area contributed by atoms with Crippen molar-refractivity contribution in [2.24, 2.45) is 0 Å². The Morgan fingerprint density at radius 3 is 2.75 bits per heavy atom. The van der Waals surface area contributed by atoms with Crippen molar-refractivity contribution in [1.29, 1.82) is 0 Å². The summed E-state index contributed by atoms with van der Waals surface area (Å²) >= 11 is 0.962. The summed E-state index contributed by atoms with van der Waals surface area (Å²) in [5.74, 6) is -1.17. The maximum Gasteiger partial charge on any atom is 0.397 e. The molecule has 1 rings (SSSR count). The van der Waals surface area contributed by atoms with Crippen molar-refractivity contribution in [3.8, 4) is 0 Å². The fourth-order valence-corrected chi connectivity index (χ4v) is 1.69. The normalized spacial score (nSPS) is 13.6. The monoisotopic (exact) mass is 254 g/mol. The van der Waals surface area contributed by atoms with Crippen LogP contribution in [0.5, 0.6) is 0 Å². The predicted octanol–water partition coefficient (Wildman–Crippen LogP) is 2.09. The molecule has 1 heterocycles. The van der Waals surface area contributed by atoms with Crippen LogP contribution in [0.3, 0.4) is 0 Å². The van der Waals surface area contributed by atoms with Crippen molar-refractivity contribution < 1.29 is 23.1 Å². The topological polar surface area (TPSA) is 62.2 Å². The average molecular weight is 254 g/mol. The van der Waals surface area contributed by atoms with Gasteiger partial charge in [-0.2, -0.15) is 13.2 Å². The zero-order valence-electron chi connectivity index (χ0n) is 8.21. The van der Waals surface area contributed by atoms with Gasteiger partial charge in [0.15, 0.2) is 5.13 Å². The highest BCUT2D eigenvalue weighted by molar-refractivity contribution is 7.13. The number of nitrogens with one attached hydrogen (secondary N) is 1. The molecule has 0 bridgehead atoms. The Kier molecular flexibility index (Phi) is 3.87. The molecule has 0 spiro atoms. The molecule has 0 aliphatic carbocycles. The summed E-state index contributed by atoms with van der Waals surface area (Å²) in [6.07, 6.45) is -6.89. The number of carbonyl (C=O) groups excluding carboxylic acids is 1. The number of aliphatic hydroxyl groups is 1. The molecule has 1 unspecified atom stereocenters. The smallest absolute Gasteiger partial charge is 0.387 e. The number of thiazole rings is 1. The third-order valence-corrected chi connectivity index (χ3v) is 2.33. The minimum Gasteiger partial charge on any atom is -0.387 e. The van der Waals surface area contributed by atoms with Gasteiger partial charge in [-0.3, -0.25) is 4.79 Å². The number of nitrogens with zero attached hydrogens (tertiary/aromatic N) is 1. The lowest BCUT2D eigenvalue weighted by Crippen LogP contribution is -2.21. The zero-order valence-corrected chi connectivity index (χ0v) is 9.02. The van der Waals surface area contributed by atoms with Crippen molar-refractivity contribution in [2.75, 3.05) is 5.32 Å². The lowest BCUT2D eigenvalue weighted by molar-refractivity contribution is -0.150. The van der Waals surface area contributed by atoms with E-state index in [-0.39, 0.29) is 5.13 Å². The van der Waals surface area contributed by atoms with E-state index in [4.69, 9.17) is 5.11 Å². The molecule has 1 aromatic heterocycles. The number of alkyl halides is 3. The van der Waals surface area contributed by atoms with Gasteiger partial charge in [0.2, 0.25) is 5.91 Å². The van der Waals surface area contributed by atoms with E-state index in [0.717, 1.165) is 11.3 Å². The van der Waals surface area contributed by atoms with E-state index in [1.54, 1.807) is 0 Å². The largest absolute Gasteiger partial charge is 0.397 e. The van der Waals surface area contributed by atoms with Gasteiger partial charge >= 0.3 is 6.18 Å². The van der Waals surface area contributed by atoms with E-state index in [1.165, 1.54) is 12.3 Å². The van der Waals surface area contributed by atoms with Crippen LogP contribution in [0.15, 0.2) is 5.38 Å². The molecule has 0 saturated heterocycles. The van der Waals surface area contributed by atoms with Gasteiger partial charge in [-0.15, -0.1) is 11.3 Å². The second-order valence-corrected chi connectivity index (χ2v) is 3.95. The SMILES string of the molecule is CC(O)c1csc(NC(=O)CC(F)(F)F)n1. The molecular formula is C8H9F3N2O2S. The minimum atomic E-state index is -4.53. The first-order valence-electron chi connectivity index (χ1n) is 4.28. The number of aromatic nitrogens is 1. The molecule has 0 aliphatic rings. The maximum atomic E-state index is 11.8. The quantitative estimate of drug-likeness (QED) is 0.868. The van der Waals surface area contributed by atoms with Crippen LogP contribution in [0.1, 0.15) is 25.1 Å². The molecule has 90 valence electrons. The summed E-state index contributed by atoms with van der Waals surface area (Å²) in [6, 6.07) is 0. The minimum absolute atomic E-state index is 0.0464. The van der Waals surface area contributed by atoms with Crippen LogP contribution < -0.4 is 5.32 Å². The van der Waals surface area contributed by atoms with Crippen LogP contribution in [-0.4, -0.2) is 22.2 Å². The highest BCUT2D eigenvalue weighted by atomic mass is 32.1. The molecule has 0 saturated carbocycles. The van der Waals surface area contributed by atoms with Gasteiger partial charge in [0.05, 0.1) is 11.8 Å². The van der Waals surface area contributed by atoms with Gasteiger partial charge in [0.25, 0.3) is 0 Å². The Morgan fingerprint density at radius 2 is 2.31 bits per heavy atom. The molecule has 4 nitrogen and oxygen atoms in total. The van der Waals surface area contributed by atoms with Gasteiger partial charge in [-0.05, 0) is 6.92 Å². The maximum absolute atomic E-state index is 11.8. The highest BCUT2D eigenvalue weighted by Crippen LogP contribution is 2.23. The number of anilines is 1. The third-order valence-electron chi connectivity index (χ3n) is 1.56. The van der Waals surface area contributed by atoms with E-state index in [0.29, 0.717) is 5.69 Å². The number of carbonyl (C=O) groups is 1. The zero-order chi connectivity index (χ0) is 12.3. The molecule has 0 radical (unpaired) electrons. The fourth-order valence-electron chi connectivity index (χ4n) is 0.881. The van der Waals surface area contributed by atoms with Crippen molar-refractivity contribution in [2.45, 2.75) is 25.6 Å². The van der Waals surface area contributed by atoms with Crippen LogP contribution in [0.4, 0.5) is 18.3 Å². The molecule has 8 heteroatoms. The molecule has 1 aromatic rings. The summed E-state index contributed by atoms with van der Waals surface area (Å²) in [6.45, 7) is 1.47. The molecule has 16 heavy (non-hydrogen) atoms. The number of hydrogen-bond acceptors (Lipinski definition) is 4. The summed E-state index contributed by atoms with van der Waals surface area (Å²) in [4.78, 5) is 14.6. The van der Waals surface area contributed by atoms with E-state index >= 15 is 0 Å². The molecule has 1 atom stereocenters. The Labute approximate surface area is 93.1 Å². The summed E-state index contributed by atoms with van der Waals surface area (Å²) in [7, 11) is 0. The molecule has 2 N–H and O–H groups in total. The van der Waals surface area contributed by atoms with E-state index in [9.17, 15) is 18.0 Å². The Hall–Kier alpha value is -1.15. The lowest BCUT2D eigenvalue weighted by atomic mass is 10.3. The standard InChI is InChI=1S/C8H9F3N2O2S/c1-4(14)5-3-16-7(12-5)13-6(15)2-8(9,10)11/h3-4,14H,2H2,1H3,(H,12,13,15). The van der Waals surface area contributed by atoms with Crippen LogP contribution in [0.2, 0.25) is 0 Å². The molecule has 0 aliphatic heterocycles. The number of hydrogen-bond donors (Lipinski definition) is 2. The van der Waals surface area contributed by atoms with E-state index < -0.39 is 24.6 Å². The van der Waals surface area contributed by atoms with Crippen LogP contribution >= 0.6 is 11.3 Å². The van der Waals surface area contributed by atoms with Crippen molar-refractivity contribution in [3.05, 3.63) is 11.1 Å². The lowest BCUT2D eigenvalue weighted by Gasteiger charge is -2.05. The Morgan fingerprint density at radius 1 is 1.69 bits per heavy atom. The summed E-state index contributed by atoms with van der Waals surface area (Å²) in [5, 5.41) is 12.6. The summed E-state index contributed by atoms with van der Waals surface area (Å²) in [5.41, 5.74) is 0.312. The Balaban J connectivity index is 2.57. The van der Waals surface area contributed by atoms with Gasteiger partial charge < -0.3 is 10.4 Å². The molecular weight excluding hydrogens is 245 g/mol. The highest BCUT2D eigenvalue weighted by Gasteiger charge is 2.31. The Bertz CT molecular complexity index is 376. The van der Waals surface area contributed by atoms with Gasteiger partial charge in [0, 0.05) is 5.38 Å². The average Bonchev–Trinajstić information content (AvgIpc) is 2.48. The predicted molar refractivity (Wildman–Crippen MR) is 52.0 cm³/mol. The fraction of sp³-hybridized carbons (Fsp3) is 0.500. The van der Waals surface area contributed by atoms with E-state index in [2.05, 4.69) is 4.98 Å². The van der Waals surface area contributed by atoms with Crippen molar-refractivity contribution >= 4 is 22.4 Å². The first-order valence-corrected chi connectivity index (χ1v) is 5.16. The van der Waals surface area contributed by atoms with E-state index in [1.807, 2.05) is 5.32 Å². The third kappa shape index (κ3) is 4.15. The second-order valence-electron chi connectivity index (χ2n) is 3.09. The number of aliphatic hydroxyl groups excluding tert-OH is 1. The molecule has 0 fully saturated rings. The van der Waals surface area contributed by atoms with Crippen LogP contribution in [0.25, 0.3) is 0 Å². The first kappa shape index (κ1) is 12.9. The second kappa shape index (κ2) is 4.79. The van der Waals surface area contributed by atoms with Gasteiger partial charge in [0.1, 0.15) is 6.42 Å². The van der Waals surface area contributed by atoms with Crippen LogP contribution in [0, 0.1) is 0 Å². The van der Waals surface area contributed by atoms with Crippen molar-refractivity contribution in [3.63, 3.8) is 0 Å². The molecule has 0 aromatic carbocycles. The summed E-state index contributed by atoms with van der Waals surface area (Å²) < 4.78 is 35.5. The number of halogens is 3. The van der Waals surface area contributed by atoms with Gasteiger partial charge in [-0.25, -0.2) is 4.98 Å². The molecule has 1 amide bonds. The van der Waals surface area contributed by atoms with Gasteiger partial charge in [-0.1, -0.05) is 0 Å². The number of amides is 1. The van der Waals surface area contributed by atoms with Crippen molar-refractivity contribution in [1.82, 2.24) is 4.98 Å².